The fourth-order valence-electron chi connectivity index (χ4n) is 2.50. The van der Waals surface area contributed by atoms with E-state index in [0.717, 1.165) is 11.4 Å². The standard InChI is InChI=1S/C17H16N4O2/c1-10-14(7-8-23-10)17(22)18-13-4-2-3-12(9-13)16-19-15(20-21-16)11-5-6-11/h2-4,7-9,11H,5-6H2,1H3,(H,18,22)(H,19,20,21). The zero-order chi connectivity index (χ0) is 15.8. The third kappa shape index (κ3) is 2.75. The first-order chi connectivity index (χ1) is 11.2. The maximum atomic E-state index is 12.2. The summed E-state index contributed by atoms with van der Waals surface area (Å²) in [6, 6.07) is 9.17. The Morgan fingerprint density at radius 1 is 1.35 bits per heavy atom. The highest BCUT2D eigenvalue weighted by atomic mass is 16.3. The molecule has 6 heteroatoms. The van der Waals surface area contributed by atoms with E-state index in [-0.39, 0.29) is 5.91 Å². The van der Waals surface area contributed by atoms with Crippen molar-refractivity contribution in [3.63, 3.8) is 0 Å². The van der Waals surface area contributed by atoms with Gasteiger partial charge in [-0.25, -0.2) is 4.98 Å². The molecule has 2 aromatic heterocycles. The molecule has 4 rings (SSSR count). The molecule has 6 nitrogen and oxygen atoms in total. The number of hydrogen-bond acceptors (Lipinski definition) is 4. The average Bonchev–Trinajstić information content (AvgIpc) is 3.11. The number of anilines is 1. The summed E-state index contributed by atoms with van der Waals surface area (Å²) in [5.41, 5.74) is 2.10. The number of aryl methyl sites for hydroxylation is 1. The van der Waals surface area contributed by atoms with E-state index >= 15 is 0 Å². The highest BCUT2D eigenvalue weighted by Gasteiger charge is 2.27. The molecule has 0 saturated heterocycles. The average molecular weight is 308 g/mol. The molecule has 1 fully saturated rings. The monoisotopic (exact) mass is 308 g/mol. The Morgan fingerprint density at radius 2 is 2.22 bits per heavy atom. The second kappa shape index (κ2) is 5.39. The van der Waals surface area contributed by atoms with E-state index in [9.17, 15) is 4.79 Å². The number of furan rings is 1. The molecule has 3 aromatic rings. The molecule has 1 aliphatic rings. The fraction of sp³-hybridized carbons (Fsp3) is 0.235. The number of carbonyl (C=O) groups is 1. The SMILES string of the molecule is Cc1occc1C(=O)Nc1cccc(-c2n[nH]c(C3CC3)n2)c1. The Labute approximate surface area is 132 Å². The molecule has 0 spiro atoms. The van der Waals surface area contributed by atoms with E-state index in [2.05, 4.69) is 20.5 Å². The Hall–Kier alpha value is -2.89. The predicted molar refractivity (Wildman–Crippen MR) is 85.2 cm³/mol. The van der Waals surface area contributed by atoms with E-state index in [1.165, 1.54) is 19.1 Å². The van der Waals surface area contributed by atoms with Crippen LogP contribution in [0.25, 0.3) is 11.4 Å². The second-order valence-corrected chi connectivity index (χ2v) is 5.74. The van der Waals surface area contributed by atoms with Crippen molar-refractivity contribution in [1.29, 1.82) is 0 Å². The molecule has 0 radical (unpaired) electrons. The van der Waals surface area contributed by atoms with Gasteiger partial charge >= 0.3 is 0 Å². The number of H-pyrrole nitrogens is 1. The van der Waals surface area contributed by atoms with Crippen molar-refractivity contribution in [1.82, 2.24) is 15.2 Å². The van der Waals surface area contributed by atoms with Gasteiger partial charge in [0, 0.05) is 17.2 Å². The van der Waals surface area contributed by atoms with Crippen LogP contribution in [-0.4, -0.2) is 21.1 Å². The molecule has 1 aliphatic carbocycles. The van der Waals surface area contributed by atoms with Gasteiger partial charge in [-0.1, -0.05) is 12.1 Å². The van der Waals surface area contributed by atoms with E-state index in [0.29, 0.717) is 28.8 Å². The third-order valence-corrected chi connectivity index (χ3v) is 3.95. The van der Waals surface area contributed by atoms with E-state index in [1.54, 1.807) is 13.0 Å². The minimum Gasteiger partial charge on any atom is -0.469 e. The smallest absolute Gasteiger partial charge is 0.259 e. The van der Waals surface area contributed by atoms with Crippen molar-refractivity contribution < 1.29 is 9.21 Å². The van der Waals surface area contributed by atoms with Crippen molar-refractivity contribution >= 4 is 11.6 Å². The van der Waals surface area contributed by atoms with Crippen molar-refractivity contribution in [2.45, 2.75) is 25.7 Å². The van der Waals surface area contributed by atoms with Gasteiger partial charge in [0.1, 0.15) is 11.6 Å². The fourth-order valence-corrected chi connectivity index (χ4v) is 2.50. The van der Waals surface area contributed by atoms with Crippen LogP contribution in [0.5, 0.6) is 0 Å². The van der Waals surface area contributed by atoms with Crippen LogP contribution < -0.4 is 5.32 Å². The molecule has 0 aliphatic heterocycles. The number of carbonyl (C=O) groups excluding carboxylic acids is 1. The molecular formula is C17H16N4O2. The Kier molecular flexibility index (Phi) is 3.22. The Morgan fingerprint density at radius 3 is 2.96 bits per heavy atom. The van der Waals surface area contributed by atoms with Crippen LogP contribution >= 0.6 is 0 Å². The Balaban J connectivity index is 1.56. The van der Waals surface area contributed by atoms with Crippen molar-refractivity contribution in [2.75, 3.05) is 5.32 Å². The zero-order valence-electron chi connectivity index (χ0n) is 12.7. The largest absolute Gasteiger partial charge is 0.469 e. The van der Waals surface area contributed by atoms with Gasteiger partial charge in [-0.3, -0.25) is 9.89 Å². The number of nitrogens with one attached hydrogen (secondary N) is 2. The van der Waals surface area contributed by atoms with Crippen LogP contribution in [0.15, 0.2) is 41.0 Å². The van der Waals surface area contributed by atoms with Gasteiger partial charge in [-0.15, -0.1) is 0 Å². The van der Waals surface area contributed by atoms with Crippen LogP contribution in [-0.2, 0) is 0 Å². The van der Waals surface area contributed by atoms with Gasteiger partial charge in [0.25, 0.3) is 5.91 Å². The first-order valence-electron chi connectivity index (χ1n) is 7.59. The van der Waals surface area contributed by atoms with Crippen LogP contribution in [0, 0.1) is 6.92 Å². The molecule has 116 valence electrons. The van der Waals surface area contributed by atoms with Crippen molar-refractivity contribution in [3.8, 4) is 11.4 Å². The van der Waals surface area contributed by atoms with Gasteiger partial charge in [0.05, 0.1) is 11.8 Å². The first kappa shape index (κ1) is 13.8. The second-order valence-electron chi connectivity index (χ2n) is 5.74. The number of rotatable bonds is 4. The molecule has 1 aromatic carbocycles. The summed E-state index contributed by atoms with van der Waals surface area (Å²) in [5.74, 6) is 2.54. The van der Waals surface area contributed by atoms with E-state index in [1.807, 2.05) is 24.3 Å². The summed E-state index contributed by atoms with van der Waals surface area (Å²) >= 11 is 0. The number of amides is 1. The lowest BCUT2D eigenvalue weighted by atomic mass is 10.1. The molecule has 23 heavy (non-hydrogen) atoms. The zero-order valence-corrected chi connectivity index (χ0v) is 12.7. The number of hydrogen-bond donors (Lipinski definition) is 2. The Bertz CT molecular complexity index is 861. The first-order valence-corrected chi connectivity index (χ1v) is 7.59. The molecule has 0 atom stereocenters. The molecule has 2 heterocycles. The maximum Gasteiger partial charge on any atom is 0.259 e. The van der Waals surface area contributed by atoms with Crippen LogP contribution in [0.4, 0.5) is 5.69 Å². The van der Waals surface area contributed by atoms with Crippen molar-refractivity contribution in [3.05, 3.63) is 53.7 Å². The maximum absolute atomic E-state index is 12.2. The lowest BCUT2D eigenvalue weighted by molar-refractivity contribution is 0.102. The van der Waals surface area contributed by atoms with Gasteiger partial charge in [0.15, 0.2) is 5.82 Å². The van der Waals surface area contributed by atoms with Gasteiger partial charge < -0.3 is 9.73 Å². The summed E-state index contributed by atoms with van der Waals surface area (Å²) < 4.78 is 5.16. The van der Waals surface area contributed by atoms with Gasteiger partial charge in [-0.05, 0) is 38.0 Å². The summed E-state index contributed by atoms with van der Waals surface area (Å²) in [4.78, 5) is 16.8. The normalized spacial score (nSPS) is 14.0. The van der Waals surface area contributed by atoms with Crippen LogP contribution in [0.2, 0.25) is 0 Å². The van der Waals surface area contributed by atoms with Crippen molar-refractivity contribution in [2.24, 2.45) is 0 Å². The van der Waals surface area contributed by atoms with E-state index in [4.69, 9.17) is 4.42 Å². The highest BCUT2D eigenvalue weighted by molar-refractivity contribution is 6.05. The molecule has 2 N–H and O–H groups in total. The third-order valence-electron chi connectivity index (χ3n) is 3.95. The van der Waals surface area contributed by atoms with Crippen LogP contribution in [0.3, 0.4) is 0 Å². The molecule has 1 amide bonds. The number of aromatic amines is 1. The minimum absolute atomic E-state index is 0.193. The van der Waals surface area contributed by atoms with Crippen LogP contribution in [0.1, 0.15) is 40.7 Å². The molecule has 0 bridgehead atoms. The highest BCUT2D eigenvalue weighted by Crippen LogP contribution is 2.38. The van der Waals surface area contributed by atoms with Gasteiger partial charge in [0.2, 0.25) is 0 Å². The number of aromatic nitrogens is 3. The molecule has 1 saturated carbocycles. The van der Waals surface area contributed by atoms with Gasteiger partial charge in [-0.2, -0.15) is 5.10 Å². The summed E-state index contributed by atoms with van der Waals surface area (Å²) in [5, 5.41) is 10.1. The molecular weight excluding hydrogens is 292 g/mol. The molecule has 0 unspecified atom stereocenters. The predicted octanol–water partition coefficient (Wildman–Crippen LogP) is 3.50. The quantitative estimate of drug-likeness (QED) is 0.772. The lowest BCUT2D eigenvalue weighted by Crippen LogP contribution is -2.12. The minimum atomic E-state index is -0.193. The summed E-state index contributed by atoms with van der Waals surface area (Å²) in [6.07, 6.45) is 3.86. The summed E-state index contributed by atoms with van der Waals surface area (Å²) in [6.45, 7) is 1.76. The topological polar surface area (TPSA) is 83.8 Å². The summed E-state index contributed by atoms with van der Waals surface area (Å²) in [7, 11) is 0. The number of nitrogens with zero attached hydrogens (tertiary/aromatic N) is 2. The van der Waals surface area contributed by atoms with E-state index < -0.39 is 0 Å². The number of benzene rings is 1. The lowest BCUT2D eigenvalue weighted by Gasteiger charge is -2.05.